The topological polar surface area (TPSA) is 117 Å². The van der Waals surface area contributed by atoms with Crippen molar-refractivity contribution in [1.82, 2.24) is 9.62 Å². The van der Waals surface area contributed by atoms with E-state index < -0.39 is 15.6 Å². The van der Waals surface area contributed by atoms with Crippen molar-refractivity contribution in [2.24, 2.45) is 0 Å². The Balaban J connectivity index is 2.28. The smallest absolute Gasteiger partial charge is 0.262 e. The first-order valence-electron chi connectivity index (χ1n) is 7.55. The molecule has 140 valence electrons. The number of ether oxygens (including phenoxy) is 2. The van der Waals surface area contributed by atoms with Gasteiger partial charge in [-0.25, -0.2) is 13.1 Å². The van der Waals surface area contributed by atoms with Crippen LogP contribution in [0.3, 0.4) is 0 Å². The predicted octanol–water partition coefficient (Wildman–Crippen LogP) is -0.383. The zero-order chi connectivity index (χ0) is 18.8. The van der Waals surface area contributed by atoms with Crippen LogP contribution in [0, 0.1) is 0 Å². The third-order valence-corrected chi connectivity index (χ3v) is 4.91. The van der Waals surface area contributed by atoms with Crippen molar-refractivity contribution in [2.45, 2.75) is 17.4 Å². The molecule has 0 fully saturated rings. The molecular weight excluding hydrogens is 350 g/mol. The molecule has 1 amide bonds. The number of carbonyl (C=O) groups excluding carboxylic acids is 1. The van der Waals surface area contributed by atoms with Gasteiger partial charge in [0.05, 0.1) is 18.4 Å². The average Bonchev–Trinajstić information content (AvgIpc) is 2.50. The zero-order valence-electron chi connectivity index (χ0n) is 14.6. The lowest BCUT2D eigenvalue weighted by molar-refractivity contribution is -0.118. The van der Waals surface area contributed by atoms with Crippen LogP contribution in [0.2, 0.25) is 0 Å². The van der Waals surface area contributed by atoms with Gasteiger partial charge < -0.3 is 24.8 Å². The molecular formula is C15H23N3O6S. The molecule has 1 aromatic carbocycles. The molecule has 1 aliphatic rings. The van der Waals surface area contributed by atoms with Crippen molar-refractivity contribution >= 4 is 21.6 Å². The zero-order valence-corrected chi connectivity index (χ0v) is 15.4. The fourth-order valence-corrected chi connectivity index (χ4v) is 3.85. The minimum atomic E-state index is -3.97. The quantitative estimate of drug-likeness (QED) is 0.596. The number of nitrogens with zero attached hydrogens (tertiary/aromatic N) is 1. The maximum atomic E-state index is 12.6. The van der Waals surface area contributed by atoms with Crippen LogP contribution in [0.5, 0.6) is 11.5 Å². The predicted molar refractivity (Wildman–Crippen MR) is 91.5 cm³/mol. The largest absolute Gasteiger partial charge is 0.495 e. The van der Waals surface area contributed by atoms with Crippen LogP contribution >= 0.6 is 0 Å². The summed E-state index contributed by atoms with van der Waals surface area (Å²) < 4.78 is 38.0. The van der Waals surface area contributed by atoms with E-state index in [2.05, 4.69) is 10.0 Å². The van der Waals surface area contributed by atoms with Gasteiger partial charge in [-0.3, -0.25) is 4.79 Å². The maximum absolute atomic E-state index is 12.6. The van der Waals surface area contributed by atoms with Crippen LogP contribution in [0.1, 0.15) is 6.92 Å². The number of benzene rings is 1. The van der Waals surface area contributed by atoms with Gasteiger partial charge in [-0.05, 0) is 21.0 Å². The Morgan fingerprint density at radius 2 is 2.12 bits per heavy atom. The number of nitrogens with one attached hydrogen (secondary N) is 2. The van der Waals surface area contributed by atoms with Crippen molar-refractivity contribution in [2.75, 3.05) is 46.2 Å². The molecule has 1 aromatic rings. The second-order valence-corrected chi connectivity index (χ2v) is 8.13. The van der Waals surface area contributed by atoms with E-state index in [1.165, 1.54) is 26.2 Å². The van der Waals surface area contributed by atoms with Gasteiger partial charge in [-0.2, -0.15) is 0 Å². The number of aliphatic hydroxyl groups is 1. The first-order chi connectivity index (χ1) is 11.5. The minimum absolute atomic E-state index is 0.0595. The van der Waals surface area contributed by atoms with Crippen LogP contribution in [-0.2, 0) is 14.8 Å². The van der Waals surface area contributed by atoms with E-state index in [4.69, 9.17) is 9.47 Å². The molecule has 1 unspecified atom stereocenters. The lowest BCUT2D eigenvalue weighted by Crippen LogP contribution is -2.47. The summed E-state index contributed by atoms with van der Waals surface area (Å²) in [6.45, 7) is 1.46. The Bertz CT molecular complexity index is 761. The molecule has 0 bridgehead atoms. The van der Waals surface area contributed by atoms with Gasteiger partial charge in [-0.1, -0.05) is 0 Å². The number of rotatable bonds is 7. The summed E-state index contributed by atoms with van der Waals surface area (Å²) in [5.74, 6) is -0.0341. The third kappa shape index (κ3) is 4.82. The van der Waals surface area contributed by atoms with E-state index in [0.717, 1.165) is 0 Å². The standard InChI is InChI=1S/C15H23N3O6S/c1-15(20,9-18(2)3)8-16-25(21,22)13-6-11-10(5-12(13)23-4)17-14(19)7-24-11/h5-6,16,20H,7-9H2,1-4H3,(H,17,19). The number of anilines is 1. The number of methoxy groups -OCH3 is 1. The molecule has 2 rings (SSSR count). The highest BCUT2D eigenvalue weighted by molar-refractivity contribution is 7.89. The minimum Gasteiger partial charge on any atom is -0.495 e. The summed E-state index contributed by atoms with van der Waals surface area (Å²) in [6, 6.07) is 2.68. The molecule has 1 heterocycles. The second-order valence-electron chi connectivity index (χ2n) is 6.40. The molecule has 1 aliphatic heterocycles. The first kappa shape index (κ1) is 19.4. The molecule has 25 heavy (non-hydrogen) atoms. The summed E-state index contributed by atoms with van der Waals surface area (Å²) in [5, 5.41) is 12.9. The molecule has 1 atom stereocenters. The normalized spacial score (nSPS) is 16.6. The Morgan fingerprint density at radius 1 is 1.44 bits per heavy atom. The molecule has 0 spiro atoms. The van der Waals surface area contributed by atoms with Crippen molar-refractivity contribution in [3.05, 3.63) is 12.1 Å². The molecule has 0 radical (unpaired) electrons. The fourth-order valence-electron chi connectivity index (χ4n) is 2.52. The van der Waals surface area contributed by atoms with Crippen molar-refractivity contribution < 1.29 is 27.8 Å². The highest BCUT2D eigenvalue weighted by Gasteiger charge is 2.29. The first-order valence-corrected chi connectivity index (χ1v) is 9.04. The van der Waals surface area contributed by atoms with E-state index in [1.807, 2.05) is 0 Å². The molecule has 9 nitrogen and oxygen atoms in total. The molecule has 0 saturated carbocycles. The van der Waals surface area contributed by atoms with Crippen LogP contribution in [0.4, 0.5) is 5.69 Å². The van der Waals surface area contributed by atoms with Crippen LogP contribution in [-0.4, -0.2) is 70.8 Å². The summed E-state index contributed by atoms with van der Waals surface area (Å²) in [6.07, 6.45) is 0. The Morgan fingerprint density at radius 3 is 2.72 bits per heavy atom. The van der Waals surface area contributed by atoms with Crippen LogP contribution in [0.25, 0.3) is 0 Å². The number of carbonyl (C=O) groups is 1. The maximum Gasteiger partial charge on any atom is 0.262 e. The van der Waals surface area contributed by atoms with Crippen molar-refractivity contribution in [3.8, 4) is 11.5 Å². The summed E-state index contributed by atoms with van der Waals surface area (Å²) >= 11 is 0. The lowest BCUT2D eigenvalue weighted by atomic mass is 10.1. The van der Waals surface area contributed by atoms with Gasteiger partial charge in [0.2, 0.25) is 10.0 Å². The lowest BCUT2D eigenvalue weighted by Gasteiger charge is -2.27. The number of amides is 1. The molecule has 0 aromatic heterocycles. The van der Waals surface area contributed by atoms with Gasteiger partial charge >= 0.3 is 0 Å². The van der Waals surface area contributed by atoms with E-state index in [-0.39, 0.29) is 42.0 Å². The highest BCUT2D eigenvalue weighted by atomic mass is 32.2. The van der Waals surface area contributed by atoms with Crippen molar-refractivity contribution in [1.29, 1.82) is 0 Å². The van der Waals surface area contributed by atoms with Gasteiger partial charge in [0.15, 0.2) is 6.61 Å². The van der Waals surface area contributed by atoms with E-state index >= 15 is 0 Å². The molecule has 3 N–H and O–H groups in total. The van der Waals surface area contributed by atoms with Crippen molar-refractivity contribution in [3.63, 3.8) is 0 Å². The molecule has 0 saturated heterocycles. The summed E-state index contributed by atoms with van der Waals surface area (Å²) in [5.41, 5.74) is -0.908. The van der Waals surface area contributed by atoms with Gasteiger partial charge in [0, 0.05) is 25.2 Å². The summed E-state index contributed by atoms with van der Waals surface area (Å²) in [4.78, 5) is 13.0. The monoisotopic (exact) mass is 373 g/mol. The van der Waals surface area contributed by atoms with Crippen LogP contribution < -0.4 is 19.5 Å². The van der Waals surface area contributed by atoms with E-state index in [1.54, 1.807) is 19.0 Å². The molecule has 0 aliphatic carbocycles. The van der Waals surface area contributed by atoms with E-state index in [9.17, 15) is 18.3 Å². The average molecular weight is 373 g/mol. The second kappa shape index (κ2) is 7.16. The fraction of sp³-hybridized carbons (Fsp3) is 0.533. The Kier molecular flexibility index (Phi) is 5.57. The number of sulfonamides is 1. The van der Waals surface area contributed by atoms with Gasteiger partial charge in [0.1, 0.15) is 16.4 Å². The Hall–Kier alpha value is -1.88. The number of hydrogen-bond acceptors (Lipinski definition) is 7. The van der Waals surface area contributed by atoms with E-state index in [0.29, 0.717) is 5.69 Å². The third-order valence-electron chi connectivity index (χ3n) is 3.49. The number of fused-ring (bicyclic) bond motifs is 1. The Labute approximate surface area is 147 Å². The SMILES string of the molecule is COc1cc2c(cc1S(=O)(=O)NCC(C)(O)CN(C)C)OCC(=O)N2. The number of hydrogen-bond donors (Lipinski definition) is 3. The molecule has 10 heteroatoms. The van der Waals surface area contributed by atoms with Gasteiger partial charge in [-0.15, -0.1) is 0 Å². The van der Waals surface area contributed by atoms with Gasteiger partial charge in [0.25, 0.3) is 5.91 Å². The number of likely N-dealkylation sites (N-methyl/N-ethyl adjacent to an activating group) is 1. The van der Waals surface area contributed by atoms with Crippen LogP contribution in [0.15, 0.2) is 17.0 Å². The summed E-state index contributed by atoms with van der Waals surface area (Å²) in [7, 11) is 0.920. The highest BCUT2D eigenvalue weighted by Crippen LogP contribution is 2.37.